The number of halogens is 1. The normalized spacial score (nSPS) is 17.5. The van der Waals surface area contributed by atoms with Crippen LogP contribution in [0.3, 0.4) is 0 Å². The van der Waals surface area contributed by atoms with Crippen LogP contribution in [0.1, 0.15) is 38.2 Å². The van der Waals surface area contributed by atoms with Crippen molar-refractivity contribution < 1.29 is 23.9 Å². The molecule has 2 rings (SSSR count). The molecule has 1 aromatic rings. The fraction of sp³-hybridized carbons (Fsp3) is 0.526. The molecule has 0 saturated carbocycles. The van der Waals surface area contributed by atoms with E-state index in [-0.39, 0.29) is 30.2 Å². The Morgan fingerprint density at radius 2 is 1.88 bits per heavy atom. The number of hydrogen-bond donors (Lipinski definition) is 1. The zero-order valence-electron chi connectivity index (χ0n) is 15.0. The first kappa shape index (κ1) is 19.9. The van der Waals surface area contributed by atoms with Crippen LogP contribution in [0.25, 0.3) is 0 Å². The highest BCUT2D eigenvalue weighted by Gasteiger charge is 2.27. The molecule has 0 aromatic heterocycles. The summed E-state index contributed by atoms with van der Waals surface area (Å²) >= 11 is 0. The number of hydrogen-bond acceptors (Lipinski definition) is 3. The number of carboxylic acid groups (broad SMARTS) is 1. The van der Waals surface area contributed by atoms with Crippen molar-refractivity contribution in [2.45, 2.75) is 45.1 Å². The molecule has 6 nitrogen and oxygen atoms in total. The first-order valence-corrected chi connectivity index (χ1v) is 8.88. The van der Waals surface area contributed by atoms with Gasteiger partial charge in [-0.15, -0.1) is 0 Å². The van der Waals surface area contributed by atoms with E-state index in [1.165, 1.54) is 24.0 Å². The number of nitrogens with zero attached hydrogens (tertiary/aromatic N) is 2. The second-order valence-electron chi connectivity index (χ2n) is 6.63. The molecule has 0 aliphatic carbocycles. The Morgan fingerprint density at radius 1 is 1.19 bits per heavy atom. The molecule has 0 radical (unpaired) electrons. The number of likely N-dealkylation sites (tertiary alicyclic amines) is 1. The molecule has 1 aromatic carbocycles. The topological polar surface area (TPSA) is 77.9 Å². The van der Waals surface area contributed by atoms with Gasteiger partial charge in [0.1, 0.15) is 12.4 Å². The van der Waals surface area contributed by atoms with Crippen LogP contribution in [-0.4, -0.2) is 58.4 Å². The number of aryl methyl sites for hydroxylation is 1. The van der Waals surface area contributed by atoms with Crippen LogP contribution < -0.4 is 0 Å². The molecule has 7 heteroatoms. The maximum Gasteiger partial charge on any atom is 0.323 e. The van der Waals surface area contributed by atoms with E-state index in [9.17, 15) is 18.8 Å². The fourth-order valence-electron chi connectivity index (χ4n) is 3.34. The molecule has 1 saturated heterocycles. The minimum atomic E-state index is -1.03. The van der Waals surface area contributed by atoms with Gasteiger partial charge in [0.05, 0.1) is 0 Å². The number of carbonyl (C=O) groups excluding carboxylic acids is 2. The number of rotatable bonds is 6. The molecule has 1 fully saturated rings. The third kappa shape index (κ3) is 5.82. The molecule has 0 bridgehead atoms. The fourth-order valence-corrected chi connectivity index (χ4v) is 3.34. The molecule has 1 N–H and O–H groups in total. The Balaban J connectivity index is 1.88. The van der Waals surface area contributed by atoms with Gasteiger partial charge in [-0.1, -0.05) is 12.1 Å². The molecule has 0 spiro atoms. The maximum atomic E-state index is 12.9. The summed E-state index contributed by atoms with van der Waals surface area (Å²) in [7, 11) is 0. The summed E-state index contributed by atoms with van der Waals surface area (Å²) < 4.78 is 12.9. The van der Waals surface area contributed by atoms with Gasteiger partial charge in [-0.3, -0.25) is 14.4 Å². The van der Waals surface area contributed by atoms with Gasteiger partial charge in [-0.2, -0.15) is 0 Å². The standard InChI is InChI=1S/C19H25FN2O4/c1-14(23)22(13-19(25)26)17-3-2-11-21(12-10-17)18(24)9-6-15-4-7-16(20)8-5-15/h4-5,7-8,17H,2-3,6,9-13H2,1H3,(H,25,26). The number of carbonyl (C=O) groups is 3. The van der Waals surface area contributed by atoms with Gasteiger partial charge in [0.25, 0.3) is 0 Å². The first-order chi connectivity index (χ1) is 12.4. The smallest absolute Gasteiger partial charge is 0.323 e. The van der Waals surface area contributed by atoms with Crippen molar-refractivity contribution in [1.29, 1.82) is 0 Å². The summed E-state index contributed by atoms with van der Waals surface area (Å²) in [5.74, 6) is -1.55. The Bertz CT molecular complexity index is 647. The van der Waals surface area contributed by atoms with Gasteiger partial charge >= 0.3 is 5.97 Å². The second kappa shape index (κ2) is 9.31. The van der Waals surface area contributed by atoms with Gasteiger partial charge in [-0.25, -0.2) is 4.39 Å². The minimum absolute atomic E-state index is 0.0302. The van der Waals surface area contributed by atoms with Crippen LogP contribution in [0.2, 0.25) is 0 Å². The molecule has 142 valence electrons. The molecular weight excluding hydrogens is 339 g/mol. The van der Waals surface area contributed by atoms with Crippen LogP contribution in [0.15, 0.2) is 24.3 Å². The van der Waals surface area contributed by atoms with E-state index in [1.54, 1.807) is 17.0 Å². The molecule has 26 heavy (non-hydrogen) atoms. The van der Waals surface area contributed by atoms with Crippen molar-refractivity contribution >= 4 is 17.8 Å². The zero-order chi connectivity index (χ0) is 19.1. The summed E-state index contributed by atoms with van der Waals surface area (Å²) in [6.45, 7) is 2.19. The van der Waals surface area contributed by atoms with Gasteiger partial charge < -0.3 is 14.9 Å². The second-order valence-corrected chi connectivity index (χ2v) is 6.63. The van der Waals surface area contributed by atoms with Crippen molar-refractivity contribution in [2.75, 3.05) is 19.6 Å². The summed E-state index contributed by atoms with van der Waals surface area (Å²) in [5.41, 5.74) is 0.914. The van der Waals surface area contributed by atoms with Crippen LogP contribution in [0, 0.1) is 5.82 Å². The number of carboxylic acids is 1. The van der Waals surface area contributed by atoms with Crippen LogP contribution in [-0.2, 0) is 20.8 Å². The van der Waals surface area contributed by atoms with Crippen LogP contribution >= 0.6 is 0 Å². The van der Waals surface area contributed by atoms with E-state index in [1.807, 2.05) is 0 Å². The highest BCUT2D eigenvalue weighted by molar-refractivity contribution is 5.80. The predicted molar refractivity (Wildman–Crippen MR) is 94.0 cm³/mol. The molecular formula is C19H25FN2O4. The number of aliphatic carboxylic acids is 1. The highest BCUT2D eigenvalue weighted by atomic mass is 19.1. The average molecular weight is 364 g/mol. The van der Waals surface area contributed by atoms with E-state index in [0.717, 1.165) is 12.0 Å². The zero-order valence-corrected chi connectivity index (χ0v) is 15.0. The van der Waals surface area contributed by atoms with E-state index in [4.69, 9.17) is 5.11 Å². The summed E-state index contributed by atoms with van der Waals surface area (Å²) in [4.78, 5) is 38.3. The number of benzene rings is 1. The van der Waals surface area contributed by atoms with Crippen molar-refractivity contribution in [1.82, 2.24) is 9.80 Å². The Hall–Kier alpha value is -2.44. The Labute approximate surface area is 152 Å². The summed E-state index contributed by atoms with van der Waals surface area (Å²) in [6, 6.07) is 5.97. The van der Waals surface area contributed by atoms with E-state index in [0.29, 0.717) is 38.8 Å². The number of amides is 2. The van der Waals surface area contributed by atoms with Gasteiger partial charge in [0.15, 0.2) is 0 Å². The molecule has 1 heterocycles. The molecule has 1 unspecified atom stereocenters. The highest BCUT2D eigenvalue weighted by Crippen LogP contribution is 2.18. The largest absolute Gasteiger partial charge is 0.480 e. The van der Waals surface area contributed by atoms with E-state index >= 15 is 0 Å². The predicted octanol–water partition coefficient (Wildman–Crippen LogP) is 2.07. The third-order valence-electron chi connectivity index (χ3n) is 4.74. The van der Waals surface area contributed by atoms with Gasteiger partial charge in [0.2, 0.25) is 11.8 Å². The molecule has 2 amide bonds. The van der Waals surface area contributed by atoms with Crippen molar-refractivity contribution in [3.05, 3.63) is 35.6 Å². The van der Waals surface area contributed by atoms with Gasteiger partial charge in [-0.05, 0) is 43.4 Å². The summed E-state index contributed by atoms with van der Waals surface area (Å²) in [5, 5.41) is 8.99. The lowest BCUT2D eigenvalue weighted by molar-refractivity contribution is -0.145. The maximum absolute atomic E-state index is 12.9. The quantitative estimate of drug-likeness (QED) is 0.838. The Kier molecular flexibility index (Phi) is 7.12. The Morgan fingerprint density at radius 3 is 2.50 bits per heavy atom. The monoisotopic (exact) mass is 364 g/mol. The molecule has 1 aliphatic rings. The van der Waals surface area contributed by atoms with Crippen LogP contribution in [0.5, 0.6) is 0 Å². The molecule has 1 atom stereocenters. The third-order valence-corrected chi connectivity index (χ3v) is 4.74. The lowest BCUT2D eigenvalue weighted by atomic mass is 10.1. The first-order valence-electron chi connectivity index (χ1n) is 8.88. The van der Waals surface area contributed by atoms with Crippen molar-refractivity contribution in [3.8, 4) is 0 Å². The van der Waals surface area contributed by atoms with E-state index in [2.05, 4.69) is 0 Å². The lowest BCUT2D eigenvalue weighted by Crippen LogP contribution is -2.43. The van der Waals surface area contributed by atoms with Crippen molar-refractivity contribution in [2.24, 2.45) is 0 Å². The average Bonchev–Trinajstić information content (AvgIpc) is 2.84. The van der Waals surface area contributed by atoms with Crippen molar-refractivity contribution in [3.63, 3.8) is 0 Å². The summed E-state index contributed by atoms with van der Waals surface area (Å²) in [6.07, 6.45) is 2.90. The minimum Gasteiger partial charge on any atom is -0.480 e. The van der Waals surface area contributed by atoms with E-state index < -0.39 is 5.97 Å². The molecule has 1 aliphatic heterocycles. The SMILES string of the molecule is CC(=O)N(CC(=O)O)C1CCCN(C(=O)CCc2ccc(F)cc2)CC1. The van der Waals surface area contributed by atoms with Gasteiger partial charge in [0, 0.05) is 32.5 Å². The lowest BCUT2D eigenvalue weighted by Gasteiger charge is -2.28. The van der Waals surface area contributed by atoms with Crippen LogP contribution in [0.4, 0.5) is 4.39 Å².